The highest BCUT2D eigenvalue weighted by molar-refractivity contribution is 6.77. The predicted molar refractivity (Wildman–Crippen MR) is 75.9 cm³/mol. The molecule has 2 rings (SSSR count). The average molecular weight is 336 g/mol. The molecule has 0 aliphatic heterocycles. The van der Waals surface area contributed by atoms with Crippen LogP contribution in [-0.4, -0.2) is 32.0 Å². The van der Waals surface area contributed by atoms with Crippen LogP contribution in [0.3, 0.4) is 0 Å². The summed E-state index contributed by atoms with van der Waals surface area (Å²) >= 11 is 16.9. The molecule has 8 heteroatoms. The van der Waals surface area contributed by atoms with E-state index in [1.807, 2.05) is 0 Å². The summed E-state index contributed by atoms with van der Waals surface area (Å²) in [6, 6.07) is 4.75. The van der Waals surface area contributed by atoms with Crippen molar-refractivity contribution < 1.29 is 14.3 Å². The van der Waals surface area contributed by atoms with Gasteiger partial charge in [0.25, 0.3) is 3.79 Å². The van der Waals surface area contributed by atoms with Crippen LogP contribution in [0.2, 0.25) is 0 Å². The molecule has 0 fully saturated rings. The third kappa shape index (κ3) is 2.49. The molecular weight excluding hydrogens is 327 g/mol. The van der Waals surface area contributed by atoms with Crippen molar-refractivity contribution in [2.75, 3.05) is 7.11 Å². The molecular formula is C12H9Cl3N2O3. The van der Waals surface area contributed by atoms with Gasteiger partial charge in [0.05, 0.1) is 12.8 Å². The zero-order valence-electron chi connectivity index (χ0n) is 10.5. The molecule has 0 aliphatic carbocycles. The molecule has 0 aromatic carbocycles. The first-order chi connectivity index (χ1) is 9.27. The van der Waals surface area contributed by atoms with Crippen LogP contribution in [0.5, 0.6) is 0 Å². The SMILES string of the molecule is COC(=O)c1cccc2nc(C)c(C(=O)C(Cl)(Cl)Cl)n12. The Morgan fingerprint density at radius 2 is 1.95 bits per heavy atom. The van der Waals surface area contributed by atoms with E-state index in [1.165, 1.54) is 17.6 Å². The molecule has 2 aromatic rings. The third-order valence-electron chi connectivity index (χ3n) is 2.69. The van der Waals surface area contributed by atoms with E-state index in [1.54, 1.807) is 19.1 Å². The maximum atomic E-state index is 12.2. The molecule has 0 aliphatic rings. The first-order valence-corrected chi connectivity index (χ1v) is 6.58. The van der Waals surface area contributed by atoms with Crippen LogP contribution < -0.4 is 0 Å². The second-order valence-electron chi connectivity index (χ2n) is 3.97. The number of aryl methyl sites for hydroxylation is 1. The number of pyridine rings is 1. The minimum Gasteiger partial charge on any atom is -0.464 e. The number of nitrogens with zero attached hydrogens (tertiary/aromatic N) is 2. The first-order valence-electron chi connectivity index (χ1n) is 5.45. The summed E-state index contributed by atoms with van der Waals surface area (Å²) in [7, 11) is 1.24. The summed E-state index contributed by atoms with van der Waals surface area (Å²) in [6.45, 7) is 1.59. The zero-order valence-corrected chi connectivity index (χ0v) is 12.8. The molecule has 0 saturated carbocycles. The fourth-order valence-electron chi connectivity index (χ4n) is 1.87. The van der Waals surface area contributed by atoms with Gasteiger partial charge in [-0.05, 0) is 19.1 Å². The number of esters is 1. The first kappa shape index (κ1) is 15.1. The molecule has 0 unspecified atom stereocenters. The topological polar surface area (TPSA) is 60.7 Å². The van der Waals surface area contributed by atoms with Gasteiger partial charge < -0.3 is 4.74 Å². The van der Waals surface area contributed by atoms with Gasteiger partial charge in [0.15, 0.2) is 0 Å². The summed E-state index contributed by atoms with van der Waals surface area (Å²) in [5.74, 6) is -1.38. The number of carbonyl (C=O) groups is 2. The molecule has 5 nitrogen and oxygen atoms in total. The number of halogens is 3. The lowest BCUT2D eigenvalue weighted by Crippen LogP contribution is -2.23. The molecule has 0 N–H and O–H groups in total. The van der Waals surface area contributed by atoms with Gasteiger partial charge in [0.1, 0.15) is 17.0 Å². The second kappa shape index (κ2) is 5.24. The predicted octanol–water partition coefficient (Wildman–Crippen LogP) is 2.98. The number of Topliss-reactive ketones (excluding diaryl/α,β-unsaturated/α-hetero) is 1. The molecule has 2 aromatic heterocycles. The smallest absolute Gasteiger partial charge is 0.355 e. The van der Waals surface area contributed by atoms with Crippen LogP contribution in [0.15, 0.2) is 18.2 Å². The van der Waals surface area contributed by atoms with Crippen molar-refractivity contribution in [2.45, 2.75) is 10.7 Å². The van der Waals surface area contributed by atoms with E-state index in [9.17, 15) is 9.59 Å². The highest BCUT2D eigenvalue weighted by Crippen LogP contribution is 2.32. The van der Waals surface area contributed by atoms with E-state index in [0.29, 0.717) is 11.3 Å². The van der Waals surface area contributed by atoms with Gasteiger partial charge in [-0.15, -0.1) is 0 Å². The number of aromatic nitrogens is 2. The van der Waals surface area contributed by atoms with Crippen LogP contribution in [0, 0.1) is 6.92 Å². The lowest BCUT2D eigenvalue weighted by Gasteiger charge is -2.11. The molecule has 0 bridgehead atoms. The number of methoxy groups -OCH3 is 1. The van der Waals surface area contributed by atoms with Crippen LogP contribution in [0.1, 0.15) is 26.7 Å². The van der Waals surface area contributed by atoms with Gasteiger partial charge in [-0.2, -0.15) is 0 Å². The minimum atomic E-state index is -2.13. The van der Waals surface area contributed by atoms with E-state index in [4.69, 9.17) is 34.8 Å². The number of hydrogen-bond acceptors (Lipinski definition) is 4. The Morgan fingerprint density at radius 3 is 2.50 bits per heavy atom. The number of carbonyl (C=O) groups excluding carboxylic acids is 2. The van der Waals surface area contributed by atoms with Crippen LogP contribution in [0.25, 0.3) is 5.65 Å². The van der Waals surface area contributed by atoms with Crippen molar-refractivity contribution in [3.63, 3.8) is 0 Å². The number of ether oxygens (including phenoxy) is 1. The summed E-state index contributed by atoms with van der Waals surface area (Å²) in [5.41, 5.74) is 0.921. The van der Waals surface area contributed by atoms with Gasteiger partial charge >= 0.3 is 5.97 Å². The highest BCUT2D eigenvalue weighted by Gasteiger charge is 2.36. The fraction of sp³-hybridized carbons (Fsp3) is 0.250. The van der Waals surface area contributed by atoms with E-state index in [-0.39, 0.29) is 11.4 Å². The van der Waals surface area contributed by atoms with Crippen LogP contribution >= 0.6 is 34.8 Å². The van der Waals surface area contributed by atoms with Crippen molar-refractivity contribution in [3.8, 4) is 0 Å². The number of hydrogen-bond donors (Lipinski definition) is 0. The summed E-state index contributed by atoms with van der Waals surface area (Å²) in [4.78, 5) is 28.2. The summed E-state index contributed by atoms with van der Waals surface area (Å²) in [5, 5.41) is 0. The molecule has 2 heterocycles. The number of fused-ring (bicyclic) bond motifs is 1. The Hall–Kier alpha value is -1.30. The lowest BCUT2D eigenvalue weighted by atomic mass is 10.2. The Bertz CT molecular complexity index is 704. The standard InChI is InChI=1S/C12H9Cl3N2O3/c1-6-9(10(18)12(13,14)15)17-7(11(19)20-2)4-3-5-8(17)16-6/h3-5H,1-2H3. The molecule has 0 atom stereocenters. The largest absolute Gasteiger partial charge is 0.464 e. The average Bonchev–Trinajstić information content (AvgIpc) is 2.71. The zero-order chi connectivity index (χ0) is 15.1. The van der Waals surface area contributed by atoms with Crippen molar-refractivity contribution in [1.29, 1.82) is 0 Å². The lowest BCUT2D eigenvalue weighted by molar-refractivity contribution is 0.0592. The van der Waals surface area contributed by atoms with Gasteiger partial charge in [0.2, 0.25) is 5.78 Å². The van der Waals surface area contributed by atoms with Crippen LogP contribution in [-0.2, 0) is 4.74 Å². The maximum absolute atomic E-state index is 12.2. The fourth-order valence-corrected chi connectivity index (χ4v) is 2.14. The Balaban J connectivity index is 2.81. The molecule has 0 spiro atoms. The van der Waals surface area contributed by atoms with E-state index in [0.717, 1.165) is 0 Å². The Morgan fingerprint density at radius 1 is 1.30 bits per heavy atom. The number of alkyl halides is 3. The van der Waals surface area contributed by atoms with Gasteiger partial charge in [0, 0.05) is 0 Å². The number of imidazole rings is 1. The van der Waals surface area contributed by atoms with Crippen molar-refractivity contribution in [1.82, 2.24) is 9.38 Å². The molecule has 0 amide bonds. The Labute approximate surface area is 129 Å². The van der Waals surface area contributed by atoms with E-state index >= 15 is 0 Å². The second-order valence-corrected chi connectivity index (χ2v) is 6.25. The highest BCUT2D eigenvalue weighted by atomic mass is 35.6. The number of rotatable bonds is 2. The minimum absolute atomic E-state index is 0.0426. The number of ketones is 1. The quantitative estimate of drug-likeness (QED) is 0.481. The molecule has 20 heavy (non-hydrogen) atoms. The van der Waals surface area contributed by atoms with Crippen LogP contribution in [0.4, 0.5) is 0 Å². The summed E-state index contributed by atoms with van der Waals surface area (Å²) in [6.07, 6.45) is 0. The van der Waals surface area contributed by atoms with E-state index < -0.39 is 15.5 Å². The van der Waals surface area contributed by atoms with Crippen molar-refractivity contribution >= 4 is 52.2 Å². The van der Waals surface area contributed by atoms with Gasteiger partial charge in [-0.1, -0.05) is 40.9 Å². The summed E-state index contributed by atoms with van der Waals surface area (Å²) < 4.78 is 3.87. The third-order valence-corrected chi connectivity index (χ3v) is 3.20. The van der Waals surface area contributed by atoms with E-state index in [2.05, 4.69) is 9.72 Å². The van der Waals surface area contributed by atoms with Gasteiger partial charge in [-0.3, -0.25) is 9.20 Å². The van der Waals surface area contributed by atoms with Crippen molar-refractivity contribution in [3.05, 3.63) is 35.3 Å². The Kier molecular flexibility index (Phi) is 3.95. The monoisotopic (exact) mass is 334 g/mol. The normalized spacial score (nSPS) is 11.7. The molecule has 0 radical (unpaired) electrons. The van der Waals surface area contributed by atoms with Gasteiger partial charge in [-0.25, -0.2) is 9.78 Å². The van der Waals surface area contributed by atoms with Crippen molar-refractivity contribution in [2.24, 2.45) is 0 Å². The molecule has 0 saturated heterocycles. The maximum Gasteiger partial charge on any atom is 0.355 e. The molecule has 106 valence electrons.